The molecule has 2 aliphatic heterocycles. The van der Waals surface area contributed by atoms with E-state index in [2.05, 4.69) is 33.2 Å². The summed E-state index contributed by atoms with van der Waals surface area (Å²) in [6, 6.07) is -5.79. The van der Waals surface area contributed by atoms with Crippen LogP contribution in [0.2, 0.25) is 0 Å². The SMILES string of the molecule is [CH][C@H](NC(=O)[C@@H]1CCCCN1C(=O)[C@H](CCC(=O)n1ccnc1)NC(=O)C[C@H](C)C1CCCCC1)C(=O)N1CCC[C@H]1C(=O)N[C@H](C(=O)NCCC)C(C)O. The molecule has 6 amide bonds. The van der Waals surface area contributed by atoms with Gasteiger partial charge in [-0.2, -0.15) is 0 Å². The fourth-order valence-electron chi connectivity index (χ4n) is 7.95. The first-order valence-corrected chi connectivity index (χ1v) is 20.1. The first kappa shape index (κ1) is 43.4. The smallest absolute Gasteiger partial charge is 0.246 e. The molecule has 0 aromatic carbocycles. The molecule has 3 fully saturated rings. The molecular weight excluding hydrogens is 708 g/mol. The second-order valence-electron chi connectivity index (χ2n) is 15.3. The third kappa shape index (κ3) is 12.1. The van der Waals surface area contributed by atoms with Gasteiger partial charge in [-0.25, -0.2) is 4.98 Å². The van der Waals surface area contributed by atoms with Gasteiger partial charge in [0.2, 0.25) is 41.4 Å². The van der Waals surface area contributed by atoms with Gasteiger partial charge in [-0.3, -0.25) is 38.1 Å². The first-order valence-electron chi connectivity index (χ1n) is 20.1. The van der Waals surface area contributed by atoms with E-state index in [9.17, 15) is 38.7 Å². The molecule has 1 saturated carbocycles. The molecule has 2 radical (unpaired) electrons. The van der Waals surface area contributed by atoms with Gasteiger partial charge < -0.3 is 36.2 Å². The van der Waals surface area contributed by atoms with Gasteiger partial charge in [-0.1, -0.05) is 46.0 Å². The number of nitrogens with zero attached hydrogens (tertiary/aromatic N) is 4. The molecule has 55 heavy (non-hydrogen) atoms. The Morgan fingerprint density at radius 1 is 0.836 bits per heavy atom. The second kappa shape index (κ2) is 21.1. The number of aliphatic hydroxyl groups excluding tert-OH is 1. The number of imidazole rings is 1. The lowest BCUT2D eigenvalue weighted by atomic mass is 9.79. The van der Waals surface area contributed by atoms with E-state index in [0.717, 1.165) is 25.7 Å². The Morgan fingerprint density at radius 2 is 1.47 bits per heavy atom. The van der Waals surface area contributed by atoms with Crippen molar-refractivity contribution in [2.75, 3.05) is 19.6 Å². The van der Waals surface area contributed by atoms with E-state index in [1.807, 2.05) is 6.92 Å². The monoisotopic (exact) mass is 768 g/mol. The zero-order valence-electron chi connectivity index (χ0n) is 32.5. The third-order valence-corrected chi connectivity index (χ3v) is 11.1. The van der Waals surface area contributed by atoms with Crippen LogP contribution in [0.1, 0.15) is 115 Å². The quantitative estimate of drug-likeness (QED) is 0.155. The van der Waals surface area contributed by atoms with Gasteiger partial charge in [0.25, 0.3) is 0 Å². The van der Waals surface area contributed by atoms with E-state index < -0.39 is 65.8 Å². The highest BCUT2D eigenvalue weighted by molar-refractivity contribution is 5.97. The molecule has 2 saturated heterocycles. The Morgan fingerprint density at radius 3 is 2.13 bits per heavy atom. The molecule has 4 rings (SSSR count). The largest absolute Gasteiger partial charge is 0.391 e. The van der Waals surface area contributed by atoms with E-state index in [1.165, 1.54) is 46.4 Å². The Balaban J connectivity index is 1.42. The molecule has 1 aliphatic carbocycles. The lowest BCUT2D eigenvalue weighted by Crippen LogP contribution is -2.60. The topological polar surface area (TPSA) is 212 Å². The van der Waals surface area contributed by atoms with Crippen molar-refractivity contribution >= 4 is 41.4 Å². The molecule has 5 N–H and O–H groups in total. The van der Waals surface area contributed by atoms with Crippen LogP contribution in [-0.4, -0.2) is 122 Å². The van der Waals surface area contributed by atoms with Crippen LogP contribution in [0, 0.1) is 18.8 Å². The number of carbonyl (C=O) groups is 7. The summed E-state index contributed by atoms with van der Waals surface area (Å²) in [5.41, 5.74) is 0. The number of hydrogen-bond donors (Lipinski definition) is 5. The van der Waals surface area contributed by atoms with Crippen molar-refractivity contribution in [2.45, 2.75) is 147 Å². The van der Waals surface area contributed by atoms with Crippen LogP contribution in [0.3, 0.4) is 0 Å². The molecule has 304 valence electrons. The van der Waals surface area contributed by atoms with Gasteiger partial charge in [0.05, 0.1) is 6.10 Å². The normalized spacial score (nSPS) is 21.8. The third-order valence-electron chi connectivity index (χ3n) is 11.1. The minimum atomic E-state index is -1.54. The van der Waals surface area contributed by atoms with E-state index in [-0.39, 0.29) is 50.1 Å². The molecule has 16 heteroatoms. The molecule has 16 nitrogen and oxygen atoms in total. The fraction of sp³-hybridized carbons (Fsp3) is 0.718. The summed E-state index contributed by atoms with van der Waals surface area (Å²) in [7, 11) is 0. The highest BCUT2D eigenvalue weighted by atomic mass is 16.3. The van der Waals surface area contributed by atoms with Gasteiger partial charge in [0.1, 0.15) is 36.5 Å². The van der Waals surface area contributed by atoms with Crippen LogP contribution >= 0.6 is 0 Å². The van der Waals surface area contributed by atoms with E-state index in [0.29, 0.717) is 51.0 Å². The minimum Gasteiger partial charge on any atom is -0.391 e. The Kier molecular flexibility index (Phi) is 16.6. The highest BCUT2D eigenvalue weighted by Crippen LogP contribution is 2.31. The van der Waals surface area contributed by atoms with Gasteiger partial charge >= 0.3 is 0 Å². The second-order valence-corrected chi connectivity index (χ2v) is 15.3. The molecule has 7 atom stereocenters. The van der Waals surface area contributed by atoms with E-state index >= 15 is 0 Å². The van der Waals surface area contributed by atoms with Gasteiger partial charge in [-0.05, 0) is 70.6 Å². The summed E-state index contributed by atoms with van der Waals surface area (Å²) in [5.74, 6) is -3.06. The Bertz CT molecular complexity index is 1480. The molecule has 1 aromatic rings. The average Bonchev–Trinajstić information content (AvgIpc) is 3.91. The van der Waals surface area contributed by atoms with Gasteiger partial charge in [-0.15, -0.1) is 0 Å². The van der Waals surface area contributed by atoms with Crippen molar-refractivity contribution in [3.05, 3.63) is 25.6 Å². The lowest BCUT2D eigenvalue weighted by Gasteiger charge is -2.38. The van der Waals surface area contributed by atoms with Crippen LogP contribution in [-0.2, 0) is 28.8 Å². The van der Waals surface area contributed by atoms with Crippen molar-refractivity contribution in [1.29, 1.82) is 0 Å². The summed E-state index contributed by atoms with van der Waals surface area (Å²) < 4.78 is 1.31. The lowest BCUT2D eigenvalue weighted by molar-refractivity contribution is -0.146. The number of rotatable bonds is 17. The number of piperidine rings is 1. The standard InChI is InChI=1S/C39H60N8O8/c1-5-18-41-37(53)34(27(4)48)44-36(52)31-15-11-21-46(31)38(54)26(3)42-35(51)30-14-9-10-20-47(30)39(55)29(16-17-33(50)45-22-19-40-24-45)43-32(49)23-25(2)28-12-7-6-8-13-28/h3,19,22,24-31,34,48H,5-18,20-21,23H2,1-2,4H3,(H,41,53)(H,42,51)(H,43,49)(H,44,52)/t25-,26-,27?,29-,30-,31-,34-/m0/s1. The van der Waals surface area contributed by atoms with Crippen LogP contribution < -0.4 is 21.3 Å². The number of aromatic nitrogens is 2. The maximum atomic E-state index is 14.2. The van der Waals surface area contributed by atoms with Crippen LogP contribution in [0.25, 0.3) is 0 Å². The number of nitrogens with one attached hydrogen (secondary N) is 4. The fourth-order valence-corrected chi connectivity index (χ4v) is 7.95. The Hall–Kier alpha value is -4.34. The van der Waals surface area contributed by atoms with Crippen molar-refractivity contribution in [3.63, 3.8) is 0 Å². The molecule has 3 aliphatic rings. The van der Waals surface area contributed by atoms with Crippen LogP contribution in [0.15, 0.2) is 18.7 Å². The summed E-state index contributed by atoms with van der Waals surface area (Å²) in [4.78, 5) is 100. The van der Waals surface area contributed by atoms with Crippen molar-refractivity contribution in [1.82, 2.24) is 40.6 Å². The summed E-state index contributed by atoms with van der Waals surface area (Å²) in [6.07, 6.45) is 11.9. The van der Waals surface area contributed by atoms with Gasteiger partial charge in [0, 0.05) is 44.9 Å². The van der Waals surface area contributed by atoms with Crippen molar-refractivity contribution < 1.29 is 38.7 Å². The first-order chi connectivity index (χ1) is 26.3. The zero-order chi connectivity index (χ0) is 40.1. The van der Waals surface area contributed by atoms with Crippen LogP contribution in [0.5, 0.6) is 0 Å². The molecule has 3 heterocycles. The van der Waals surface area contributed by atoms with Crippen molar-refractivity contribution in [3.8, 4) is 0 Å². The summed E-state index contributed by atoms with van der Waals surface area (Å²) in [6.45, 7) is 12.3. The van der Waals surface area contributed by atoms with Crippen LogP contribution in [0.4, 0.5) is 0 Å². The number of likely N-dealkylation sites (tertiary alicyclic amines) is 2. The Labute approximate surface area is 324 Å². The predicted octanol–water partition coefficient (Wildman–Crippen LogP) is 1.35. The molecular formula is C39H60N8O8. The zero-order valence-corrected chi connectivity index (χ0v) is 32.5. The maximum absolute atomic E-state index is 14.2. The predicted molar refractivity (Wildman–Crippen MR) is 202 cm³/mol. The number of hydrogen-bond acceptors (Lipinski definition) is 9. The van der Waals surface area contributed by atoms with E-state index in [4.69, 9.17) is 6.92 Å². The minimum absolute atomic E-state index is 0.0107. The summed E-state index contributed by atoms with van der Waals surface area (Å²) >= 11 is 0. The molecule has 0 spiro atoms. The number of amides is 6. The van der Waals surface area contributed by atoms with Crippen molar-refractivity contribution in [2.24, 2.45) is 11.8 Å². The number of aliphatic hydroxyl groups is 1. The van der Waals surface area contributed by atoms with Gasteiger partial charge in [0.15, 0.2) is 0 Å². The molecule has 0 bridgehead atoms. The maximum Gasteiger partial charge on any atom is 0.246 e. The molecule has 1 unspecified atom stereocenters. The summed E-state index contributed by atoms with van der Waals surface area (Å²) in [5, 5.41) is 20.8. The average molecular weight is 769 g/mol. The highest BCUT2D eigenvalue weighted by Gasteiger charge is 2.41. The van der Waals surface area contributed by atoms with E-state index in [1.54, 1.807) is 0 Å². The number of carbonyl (C=O) groups excluding carboxylic acids is 7. The molecule has 1 aromatic heterocycles.